The van der Waals surface area contributed by atoms with E-state index in [4.69, 9.17) is 0 Å². The first-order chi connectivity index (χ1) is 9.21. The summed E-state index contributed by atoms with van der Waals surface area (Å²) in [5, 5.41) is 3.17. The number of likely N-dealkylation sites (N-methyl/N-ethyl adjacent to an activating group) is 1. The van der Waals surface area contributed by atoms with E-state index in [-0.39, 0.29) is 0 Å². The molecule has 1 aliphatic heterocycles. The minimum absolute atomic E-state index is 0.580. The molecule has 0 aliphatic carbocycles. The molecule has 1 aromatic heterocycles. The fraction of sp³-hybridized carbons (Fsp3) is 0.714. The van der Waals surface area contributed by atoms with E-state index in [0.29, 0.717) is 6.04 Å². The Hall–Kier alpha value is -1.36. The van der Waals surface area contributed by atoms with E-state index >= 15 is 0 Å². The van der Waals surface area contributed by atoms with Crippen LogP contribution in [0.5, 0.6) is 0 Å². The maximum atomic E-state index is 4.52. The highest BCUT2D eigenvalue weighted by Crippen LogP contribution is 2.25. The lowest BCUT2D eigenvalue weighted by atomic mass is 10.1. The van der Waals surface area contributed by atoms with Crippen LogP contribution in [0.15, 0.2) is 6.33 Å². The molecule has 5 heteroatoms. The van der Waals surface area contributed by atoms with Gasteiger partial charge in [0.05, 0.1) is 0 Å². The van der Waals surface area contributed by atoms with Gasteiger partial charge in [0.25, 0.3) is 0 Å². The van der Waals surface area contributed by atoms with Crippen LogP contribution in [0.4, 0.5) is 11.6 Å². The van der Waals surface area contributed by atoms with Gasteiger partial charge in [0.2, 0.25) is 0 Å². The molecule has 1 aromatic rings. The molecule has 1 fully saturated rings. The number of piperazine rings is 1. The molecule has 1 N–H and O–H groups in total. The molecule has 0 bridgehead atoms. The molecule has 106 valence electrons. The largest absolute Gasteiger partial charge is 0.373 e. The molecule has 0 spiro atoms. The molecule has 1 unspecified atom stereocenters. The van der Waals surface area contributed by atoms with Crippen LogP contribution < -0.4 is 10.2 Å². The Labute approximate surface area is 116 Å². The fourth-order valence-electron chi connectivity index (χ4n) is 2.87. The second-order valence-electron chi connectivity index (χ2n) is 5.05. The zero-order chi connectivity index (χ0) is 13.8. The van der Waals surface area contributed by atoms with Gasteiger partial charge in [-0.05, 0) is 19.9 Å². The first kappa shape index (κ1) is 14.1. The average Bonchev–Trinajstić information content (AvgIpc) is 2.46. The minimum atomic E-state index is 0.580. The summed E-state index contributed by atoms with van der Waals surface area (Å²) < 4.78 is 0. The Balaban J connectivity index is 2.23. The highest BCUT2D eigenvalue weighted by Gasteiger charge is 2.25. The van der Waals surface area contributed by atoms with Gasteiger partial charge < -0.3 is 10.2 Å². The van der Waals surface area contributed by atoms with Gasteiger partial charge in [-0.3, -0.25) is 4.90 Å². The second kappa shape index (κ2) is 6.19. The average molecular weight is 263 g/mol. The third kappa shape index (κ3) is 2.81. The summed E-state index contributed by atoms with van der Waals surface area (Å²) in [7, 11) is 1.92. The van der Waals surface area contributed by atoms with E-state index in [1.165, 1.54) is 5.56 Å². The van der Waals surface area contributed by atoms with Crippen LogP contribution in [0.1, 0.15) is 26.3 Å². The number of anilines is 2. The zero-order valence-electron chi connectivity index (χ0n) is 12.5. The monoisotopic (exact) mass is 263 g/mol. The van der Waals surface area contributed by atoms with Gasteiger partial charge in [-0.2, -0.15) is 0 Å². The summed E-state index contributed by atoms with van der Waals surface area (Å²) in [6.45, 7) is 11.0. The topological polar surface area (TPSA) is 44.3 Å². The van der Waals surface area contributed by atoms with Crippen LogP contribution in [0.2, 0.25) is 0 Å². The lowest BCUT2D eigenvalue weighted by molar-refractivity contribution is 0.199. The number of rotatable bonds is 4. The highest BCUT2D eigenvalue weighted by molar-refractivity contribution is 5.58. The molecule has 2 heterocycles. The lowest BCUT2D eigenvalue weighted by Crippen LogP contribution is -2.52. The summed E-state index contributed by atoms with van der Waals surface area (Å²) in [6, 6.07) is 0.580. The summed E-state index contributed by atoms with van der Waals surface area (Å²) >= 11 is 0. The Kier molecular flexibility index (Phi) is 4.58. The molecule has 0 amide bonds. The van der Waals surface area contributed by atoms with E-state index < -0.39 is 0 Å². The predicted molar refractivity (Wildman–Crippen MR) is 79.9 cm³/mol. The predicted octanol–water partition coefficient (Wildman–Crippen LogP) is 1.61. The third-order valence-corrected chi connectivity index (χ3v) is 3.98. The molecular formula is C14H25N5. The molecule has 1 atom stereocenters. The number of nitrogens with zero attached hydrogens (tertiary/aromatic N) is 4. The molecule has 19 heavy (non-hydrogen) atoms. The van der Waals surface area contributed by atoms with Gasteiger partial charge in [0.15, 0.2) is 0 Å². The first-order valence-corrected chi connectivity index (χ1v) is 7.21. The van der Waals surface area contributed by atoms with Crippen LogP contribution in [0, 0.1) is 0 Å². The van der Waals surface area contributed by atoms with Crippen molar-refractivity contribution in [2.24, 2.45) is 0 Å². The van der Waals surface area contributed by atoms with Crippen LogP contribution in [-0.2, 0) is 6.42 Å². The van der Waals surface area contributed by atoms with Crippen LogP contribution in [0.3, 0.4) is 0 Å². The van der Waals surface area contributed by atoms with Gasteiger partial charge in [-0.1, -0.05) is 13.8 Å². The quantitative estimate of drug-likeness (QED) is 0.894. The molecule has 5 nitrogen and oxygen atoms in total. The van der Waals surface area contributed by atoms with Gasteiger partial charge in [0.1, 0.15) is 18.0 Å². The summed E-state index contributed by atoms with van der Waals surface area (Å²) in [5.41, 5.74) is 1.22. The fourth-order valence-corrected chi connectivity index (χ4v) is 2.87. The second-order valence-corrected chi connectivity index (χ2v) is 5.05. The zero-order valence-corrected chi connectivity index (χ0v) is 12.5. The van der Waals surface area contributed by atoms with E-state index in [0.717, 1.165) is 44.2 Å². The highest BCUT2D eigenvalue weighted by atomic mass is 15.3. The maximum Gasteiger partial charge on any atom is 0.137 e. The summed E-state index contributed by atoms with van der Waals surface area (Å²) in [4.78, 5) is 13.8. The molecule has 1 aliphatic rings. The van der Waals surface area contributed by atoms with E-state index in [1.54, 1.807) is 6.33 Å². The molecule has 1 saturated heterocycles. The first-order valence-electron chi connectivity index (χ1n) is 7.21. The van der Waals surface area contributed by atoms with Crippen molar-refractivity contribution in [3.8, 4) is 0 Å². The smallest absolute Gasteiger partial charge is 0.137 e. The van der Waals surface area contributed by atoms with E-state index in [1.807, 2.05) is 7.05 Å². The van der Waals surface area contributed by atoms with Gasteiger partial charge in [0, 0.05) is 38.3 Å². The van der Waals surface area contributed by atoms with Crippen molar-refractivity contribution in [2.75, 3.05) is 43.4 Å². The number of aromatic nitrogens is 2. The Morgan fingerprint density at radius 2 is 2.11 bits per heavy atom. The van der Waals surface area contributed by atoms with Crippen molar-refractivity contribution >= 4 is 11.6 Å². The normalized spacial score (nSPS) is 20.6. The Morgan fingerprint density at radius 1 is 1.32 bits per heavy atom. The number of nitrogens with one attached hydrogen (secondary N) is 1. The van der Waals surface area contributed by atoms with Gasteiger partial charge >= 0.3 is 0 Å². The number of hydrogen-bond donors (Lipinski definition) is 1. The van der Waals surface area contributed by atoms with Crippen LogP contribution in [0.25, 0.3) is 0 Å². The summed E-state index contributed by atoms with van der Waals surface area (Å²) in [6.07, 6.45) is 2.62. The van der Waals surface area contributed by atoms with Gasteiger partial charge in [-0.15, -0.1) is 0 Å². The Morgan fingerprint density at radius 3 is 2.68 bits per heavy atom. The van der Waals surface area contributed by atoms with Crippen molar-refractivity contribution in [3.63, 3.8) is 0 Å². The lowest BCUT2D eigenvalue weighted by Gasteiger charge is -2.40. The van der Waals surface area contributed by atoms with Crippen LogP contribution >= 0.6 is 0 Å². The Bertz CT molecular complexity index is 420. The molecular weight excluding hydrogens is 238 g/mol. The van der Waals surface area contributed by atoms with Crippen molar-refractivity contribution in [2.45, 2.75) is 33.2 Å². The molecule has 0 aromatic carbocycles. The van der Waals surface area contributed by atoms with E-state index in [9.17, 15) is 0 Å². The standard InChI is InChI=1S/C14H25N5/c1-5-12-13(15-4)16-10-17-14(12)19-8-7-18(6-2)11(3)9-19/h10-11H,5-9H2,1-4H3,(H,15,16,17). The SMILES string of the molecule is CCc1c(NC)ncnc1N1CCN(CC)C(C)C1. The third-order valence-electron chi connectivity index (χ3n) is 3.98. The van der Waals surface area contributed by atoms with Crippen LogP contribution in [-0.4, -0.2) is 54.1 Å². The molecule has 0 radical (unpaired) electrons. The van der Waals surface area contributed by atoms with Crippen molar-refractivity contribution in [3.05, 3.63) is 11.9 Å². The number of hydrogen-bond acceptors (Lipinski definition) is 5. The van der Waals surface area contributed by atoms with Gasteiger partial charge in [-0.25, -0.2) is 9.97 Å². The van der Waals surface area contributed by atoms with E-state index in [2.05, 4.69) is 45.9 Å². The molecule has 0 saturated carbocycles. The maximum absolute atomic E-state index is 4.52. The molecule has 2 rings (SSSR count). The van der Waals surface area contributed by atoms with Crippen molar-refractivity contribution in [1.29, 1.82) is 0 Å². The summed E-state index contributed by atoms with van der Waals surface area (Å²) in [5.74, 6) is 2.06. The van der Waals surface area contributed by atoms with Crippen molar-refractivity contribution in [1.82, 2.24) is 14.9 Å². The van der Waals surface area contributed by atoms with Crippen molar-refractivity contribution < 1.29 is 0 Å². The minimum Gasteiger partial charge on any atom is -0.373 e.